The van der Waals surface area contributed by atoms with Gasteiger partial charge >= 0.3 is 5.76 Å². The fourth-order valence-corrected chi connectivity index (χ4v) is 2.59. The fraction of sp³-hybridized carbons (Fsp3) is 0.438. The van der Waals surface area contributed by atoms with Crippen LogP contribution in [0.25, 0.3) is 11.1 Å². The monoisotopic (exact) mass is 384 g/mol. The summed E-state index contributed by atoms with van der Waals surface area (Å²) in [6, 6.07) is 4.92. The van der Waals surface area contributed by atoms with Crippen LogP contribution in [0.3, 0.4) is 0 Å². The Kier molecular flexibility index (Phi) is 7.27. The molecule has 0 saturated heterocycles. The van der Waals surface area contributed by atoms with E-state index >= 15 is 0 Å². The van der Waals surface area contributed by atoms with Crippen LogP contribution in [-0.4, -0.2) is 22.1 Å². The second-order valence-corrected chi connectivity index (χ2v) is 6.36. The molecule has 9 heteroatoms. The highest BCUT2D eigenvalue weighted by Crippen LogP contribution is 2.18. The fourth-order valence-electron chi connectivity index (χ4n) is 2.28. The Labute approximate surface area is 155 Å². The van der Waals surface area contributed by atoms with E-state index in [9.17, 15) is 9.59 Å². The van der Waals surface area contributed by atoms with E-state index in [4.69, 9.17) is 28.2 Å². The largest absolute Gasteiger partial charge is 0.419 e. The molecule has 0 aliphatic rings. The van der Waals surface area contributed by atoms with E-state index in [0.29, 0.717) is 21.2 Å². The highest BCUT2D eigenvalue weighted by Gasteiger charge is 2.11. The summed E-state index contributed by atoms with van der Waals surface area (Å²) < 4.78 is 6.51. The summed E-state index contributed by atoms with van der Waals surface area (Å²) in [6.07, 6.45) is 3.38. The molecule has 1 amide bonds. The normalized spacial score (nSPS) is 10.6. The average Bonchev–Trinajstić information content (AvgIpc) is 2.89. The molecule has 25 heavy (non-hydrogen) atoms. The summed E-state index contributed by atoms with van der Waals surface area (Å²) in [5.41, 5.74) is 6.14. The number of halogens is 1. The lowest BCUT2D eigenvalue weighted by Crippen LogP contribution is -2.47. The first-order chi connectivity index (χ1) is 12.0. The first-order valence-electron chi connectivity index (χ1n) is 8.13. The highest BCUT2D eigenvalue weighted by molar-refractivity contribution is 7.80. The number of unbranched alkanes of at least 4 members (excludes halogenated alkanes) is 2. The predicted molar refractivity (Wildman–Crippen MR) is 102 cm³/mol. The van der Waals surface area contributed by atoms with Gasteiger partial charge in [-0.2, -0.15) is 0 Å². The van der Waals surface area contributed by atoms with E-state index in [0.717, 1.165) is 25.8 Å². The second kappa shape index (κ2) is 9.43. The Hall–Kier alpha value is -2.06. The van der Waals surface area contributed by atoms with Crippen molar-refractivity contribution in [3.8, 4) is 0 Å². The molecule has 2 aromatic rings. The molecule has 0 unspecified atom stereocenters. The minimum atomic E-state index is -0.522. The third kappa shape index (κ3) is 5.75. The molecule has 1 heterocycles. The Morgan fingerprint density at radius 3 is 2.88 bits per heavy atom. The van der Waals surface area contributed by atoms with Crippen LogP contribution in [0.4, 0.5) is 0 Å². The van der Waals surface area contributed by atoms with Gasteiger partial charge in [-0.15, -0.1) is 0 Å². The number of carbonyl (C=O) groups excluding carboxylic acids is 1. The van der Waals surface area contributed by atoms with Gasteiger partial charge in [0.25, 0.3) is 0 Å². The van der Waals surface area contributed by atoms with Crippen LogP contribution in [0.1, 0.15) is 32.6 Å². The third-order valence-corrected chi connectivity index (χ3v) is 4.06. The van der Waals surface area contributed by atoms with E-state index < -0.39 is 5.76 Å². The molecule has 136 valence electrons. The van der Waals surface area contributed by atoms with Gasteiger partial charge < -0.3 is 9.73 Å². The lowest BCUT2D eigenvalue weighted by Gasteiger charge is -2.11. The van der Waals surface area contributed by atoms with Crippen LogP contribution in [0, 0.1) is 0 Å². The number of carbonyl (C=O) groups is 1. The van der Waals surface area contributed by atoms with E-state index in [1.807, 2.05) is 0 Å². The van der Waals surface area contributed by atoms with Gasteiger partial charge in [-0.3, -0.25) is 20.2 Å². The Morgan fingerprint density at radius 1 is 1.32 bits per heavy atom. The molecule has 0 bridgehead atoms. The smallest absolute Gasteiger partial charge is 0.408 e. The highest BCUT2D eigenvalue weighted by atomic mass is 35.5. The Bertz CT molecular complexity index is 802. The van der Waals surface area contributed by atoms with Crippen LogP contribution in [-0.2, 0) is 11.3 Å². The number of hydrazine groups is 1. The maximum absolute atomic E-state index is 11.9. The molecule has 0 atom stereocenters. The van der Waals surface area contributed by atoms with Gasteiger partial charge in [0.15, 0.2) is 10.7 Å². The summed E-state index contributed by atoms with van der Waals surface area (Å²) in [6.45, 7) is 3.08. The number of rotatable bonds is 7. The number of hydrogen-bond acceptors (Lipinski definition) is 4. The summed E-state index contributed by atoms with van der Waals surface area (Å²) >= 11 is 10.9. The van der Waals surface area contributed by atoms with Crippen LogP contribution in [0.15, 0.2) is 27.4 Å². The van der Waals surface area contributed by atoms with Gasteiger partial charge in [0, 0.05) is 30.6 Å². The van der Waals surface area contributed by atoms with Crippen molar-refractivity contribution in [2.24, 2.45) is 0 Å². The number of hydrogen-bond donors (Lipinski definition) is 3. The van der Waals surface area contributed by atoms with Crippen molar-refractivity contribution in [2.45, 2.75) is 39.2 Å². The number of aryl methyl sites for hydroxylation is 1. The van der Waals surface area contributed by atoms with Crippen LogP contribution in [0.2, 0.25) is 5.02 Å². The SMILES string of the molecule is CCCCCNC(=S)NNC(=O)CCn1c(=O)oc2cc(Cl)ccc21. The van der Waals surface area contributed by atoms with Crippen molar-refractivity contribution in [3.63, 3.8) is 0 Å². The van der Waals surface area contributed by atoms with E-state index in [1.165, 1.54) is 4.57 Å². The topological polar surface area (TPSA) is 88.3 Å². The lowest BCUT2D eigenvalue weighted by molar-refractivity contribution is -0.121. The number of oxazole rings is 1. The molecule has 0 spiro atoms. The number of benzene rings is 1. The van der Waals surface area contributed by atoms with Gasteiger partial charge in [0.1, 0.15) is 0 Å². The van der Waals surface area contributed by atoms with Gasteiger partial charge in [-0.25, -0.2) is 4.79 Å². The number of nitrogens with one attached hydrogen (secondary N) is 3. The summed E-state index contributed by atoms with van der Waals surface area (Å²) in [5, 5.41) is 3.85. The average molecular weight is 385 g/mol. The van der Waals surface area contributed by atoms with Gasteiger partial charge in [0.05, 0.1) is 5.52 Å². The maximum atomic E-state index is 11.9. The standard InChI is InChI=1S/C16H21ClN4O3S/c1-2-3-4-8-18-15(25)20-19-14(22)7-9-21-12-6-5-11(17)10-13(12)24-16(21)23/h5-6,10H,2-4,7-9H2,1H3,(H,19,22)(H2,18,20,25). The second-order valence-electron chi connectivity index (χ2n) is 5.52. The quantitative estimate of drug-likeness (QED) is 0.386. The molecule has 1 aromatic heterocycles. The first kappa shape index (κ1) is 19.3. The molecule has 3 N–H and O–H groups in total. The summed E-state index contributed by atoms with van der Waals surface area (Å²) in [4.78, 5) is 23.8. The Balaban J connectivity index is 1.80. The lowest BCUT2D eigenvalue weighted by atomic mass is 10.2. The molecule has 0 saturated carbocycles. The van der Waals surface area contributed by atoms with Crippen molar-refractivity contribution < 1.29 is 9.21 Å². The summed E-state index contributed by atoms with van der Waals surface area (Å²) in [7, 11) is 0. The van der Waals surface area contributed by atoms with Crippen molar-refractivity contribution in [3.05, 3.63) is 33.8 Å². The minimum Gasteiger partial charge on any atom is -0.408 e. The van der Waals surface area contributed by atoms with E-state index in [-0.39, 0.29) is 18.9 Å². The number of nitrogens with zero attached hydrogens (tertiary/aromatic N) is 1. The van der Waals surface area contributed by atoms with E-state index in [1.54, 1.807) is 18.2 Å². The zero-order valence-electron chi connectivity index (χ0n) is 13.9. The molecule has 0 aliphatic carbocycles. The van der Waals surface area contributed by atoms with Gasteiger partial charge in [0.2, 0.25) is 5.91 Å². The molecule has 0 radical (unpaired) electrons. The van der Waals surface area contributed by atoms with Crippen LogP contribution >= 0.6 is 23.8 Å². The molecule has 0 fully saturated rings. The third-order valence-electron chi connectivity index (χ3n) is 3.57. The molecule has 7 nitrogen and oxygen atoms in total. The van der Waals surface area contributed by atoms with Crippen LogP contribution in [0.5, 0.6) is 0 Å². The van der Waals surface area contributed by atoms with Crippen LogP contribution < -0.4 is 21.9 Å². The number of thiocarbonyl (C=S) groups is 1. The van der Waals surface area contributed by atoms with Gasteiger partial charge in [-0.05, 0) is 30.8 Å². The van der Waals surface area contributed by atoms with Gasteiger partial charge in [-0.1, -0.05) is 31.4 Å². The number of fused-ring (bicyclic) bond motifs is 1. The van der Waals surface area contributed by atoms with Crippen molar-refractivity contribution in [2.75, 3.05) is 6.54 Å². The predicted octanol–water partition coefficient (Wildman–Crippen LogP) is 2.32. The minimum absolute atomic E-state index is 0.0998. The number of aromatic nitrogens is 1. The zero-order chi connectivity index (χ0) is 18.2. The van der Waals surface area contributed by atoms with Crippen molar-refractivity contribution in [1.82, 2.24) is 20.7 Å². The number of amides is 1. The first-order valence-corrected chi connectivity index (χ1v) is 8.91. The summed E-state index contributed by atoms with van der Waals surface area (Å²) in [5.74, 6) is -0.806. The molecule has 1 aromatic carbocycles. The van der Waals surface area contributed by atoms with Crippen molar-refractivity contribution in [1.29, 1.82) is 0 Å². The van der Waals surface area contributed by atoms with E-state index in [2.05, 4.69) is 23.1 Å². The molecule has 0 aliphatic heterocycles. The molecular weight excluding hydrogens is 364 g/mol. The molecular formula is C16H21ClN4O3S. The maximum Gasteiger partial charge on any atom is 0.419 e. The zero-order valence-corrected chi connectivity index (χ0v) is 15.5. The Morgan fingerprint density at radius 2 is 2.12 bits per heavy atom. The van der Waals surface area contributed by atoms with Crippen molar-refractivity contribution >= 4 is 45.9 Å². The molecule has 2 rings (SSSR count).